The topological polar surface area (TPSA) is 42.7 Å². The quantitative estimate of drug-likeness (QED) is 0.874. The summed E-state index contributed by atoms with van der Waals surface area (Å²) in [6.45, 7) is 5.11. The molecule has 0 bridgehead atoms. The second-order valence-electron chi connectivity index (χ2n) is 4.43. The van der Waals surface area contributed by atoms with E-state index in [9.17, 15) is 0 Å². The predicted octanol–water partition coefficient (Wildman–Crippen LogP) is 2.11. The summed E-state index contributed by atoms with van der Waals surface area (Å²) < 4.78 is 1.82. The summed E-state index contributed by atoms with van der Waals surface area (Å²) in [6.07, 6.45) is 1.95. The Morgan fingerprint density at radius 1 is 1.35 bits per heavy atom. The summed E-state index contributed by atoms with van der Waals surface area (Å²) in [5.41, 5.74) is 3.32. The number of rotatable bonds is 4. The minimum absolute atomic E-state index is 0.523. The van der Waals surface area contributed by atoms with E-state index in [1.807, 2.05) is 24.0 Å². The van der Waals surface area contributed by atoms with Crippen molar-refractivity contribution in [1.82, 2.24) is 20.3 Å². The number of benzene rings is 1. The highest BCUT2D eigenvalue weighted by atomic mass is 15.4. The first-order chi connectivity index (χ1) is 8.20. The third-order valence-electron chi connectivity index (χ3n) is 2.70. The summed E-state index contributed by atoms with van der Waals surface area (Å²) in [6, 6.07) is 8.40. The van der Waals surface area contributed by atoms with Gasteiger partial charge in [0.15, 0.2) is 0 Å². The Kier molecular flexibility index (Phi) is 3.54. The highest BCUT2D eigenvalue weighted by Gasteiger charge is 2.04. The Bertz CT molecular complexity index is 488. The second kappa shape index (κ2) is 5.10. The smallest absolute Gasteiger partial charge is 0.0969 e. The van der Waals surface area contributed by atoms with E-state index in [0.717, 1.165) is 17.9 Å². The number of nitrogens with one attached hydrogen (secondary N) is 1. The van der Waals surface area contributed by atoms with Crippen molar-refractivity contribution in [3.63, 3.8) is 0 Å². The van der Waals surface area contributed by atoms with Gasteiger partial charge in [-0.25, -0.2) is 4.68 Å². The Morgan fingerprint density at radius 2 is 2.18 bits per heavy atom. The van der Waals surface area contributed by atoms with Crippen molar-refractivity contribution >= 4 is 0 Å². The molecule has 0 radical (unpaired) electrons. The molecule has 2 rings (SSSR count). The number of hydrogen-bond donors (Lipinski definition) is 1. The number of hydrogen-bond acceptors (Lipinski definition) is 3. The monoisotopic (exact) mass is 230 g/mol. The van der Waals surface area contributed by atoms with Crippen LogP contribution in [0.15, 0.2) is 30.5 Å². The lowest BCUT2D eigenvalue weighted by atomic mass is 10.0. The van der Waals surface area contributed by atoms with Gasteiger partial charge in [-0.05, 0) is 30.7 Å². The average molecular weight is 230 g/mol. The van der Waals surface area contributed by atoms with E-state index in [-0.39, 0.29) is 0 Å². The molecular formula is C13H18N4. The van der Waals surface area contributed by atoms with Crippen molar-refractivity contribution in [3.05, 3.63) is 41.7 Å². The molecule has 0 unspecified atom stereocenters. The molecule has 0 aliphatic heterocycles. The summed E-state index contributed by atoms with van der Waals surface area (Å²) in [5.74, 6) is 0.523. The molecular weight excluding hydrogens is 212 g/mol. The molecule has 0 saturated heterocycles. The normalized spacial score (nSPS) is 11.1. The molecule has 4 nitrogen and oxygen atoms in total. The van der Waals surface area contributed by atoms with Crippen LogP contribution in [0.3, 0.4) is 0 Å². The summed E-state index contributed by atoms with van der Waals surface area (Å²) in [5, 5.41) is 11.3. The van der Waals surface area contributed by atoms with Crippen LogP contribution in [0.5, 0.6) is 0 Å². The molecule has 2 aromatic rings. The van der Waals surface area contributed by atoms with Gasteiger partial charge in [-0.1, -0.05) is 31.2 Å². The maximum absolute atomic E-state index is 4.13. The Balaban J connectivity index is 2.28. The molecule has 1 aromatic carbocycles. The fourth-order valence-corrected chi connectivity index (χ4v) is 1.71. The van der Waals surface area contributed by atoms with Crippen LogP contribution in [0, 0.1) is 0 Å². The summed E-state index contributed by atoms with van der Waals surface area (Å²) >= 11 is 0. The molecule has 0 aliphatic rings. The molecule has 1 heterocycles. The van der Waals surface area contributed by atoms with Gasteiger partial charge in [0.05, 0.1) is 17.6 Å². The van der Waals surface area contributed by atoms with E-state index in [4.69, 9.17) is 0 Å². The minimum Gasteiger partial charge on any atom is -0.314 e. The molecule has 1 N–H and O–H groups in total. The molecule has 1 aromatic heterocycles. The van der Waals surface area contributed by atoms with Crippen LogP contribution in [0.25, 0.3) is 5.69 Å². The molecule has 0 atom stereocenters. The van der Waals surface area contributed by atoms with Crippen molar-refractivity contribution in [2.75, 3.05) is 7.05 Å². The minimum atomic E-state index is 0.523. The third-order valence-corrected chi connectivity index (χ3v) is 2.70. The lowest BCUT2D eigenvalue weighted by molar-refractivity contribution is 0.765. The molecule has 0 amide bonds. The molecule has 0 aliphatic carbocycles. The SMILES string of the molecule is CNCc1cn(-c2cccc(C(C)C)c2)nn1. The first-order valence-corrected chi connectivity index (χ1v) is 5.87. The van der Waals surface area contributed by atoms with Crippen LogP contribution in [0.4, 0.5) is 0 Å². The van der Waals surface area contributed by atoms with Gasteiger partial charge in [0, 0.05) is 6.54 Å². The first-order valence-electron chi connectivity index (χ1n) is 5.87. The summed E-state index contributed by atoms with van der Waals surface area (Å²) in [4.78, 5) is 0. The summed E-state index contributed by atoms with van der Waals surface area (Å²) in [7, 11) is 1.90. The maximum atomic E-state index is 4.13. The number of aromatic nitrogens is 3. The first kappa shape index (κ1) is 11.8. The van der Waals surface area contributed by atoms with Crippen LogP contribution >= 0.6 is 0 Å². The highest BCUT2D eigenvalue weighted by Crippen LogP contribution is 2.17. The molecule has 4 heteroatoms. The Morgan fingerprint density at radius 3 is 2.88 bits per heavy atom. The Labute approximate surface area is 102 Å². The van der Waals surface area contributed by atoms with Crippen molar-refractivity contribution in [3.8, 4) is 5.69 Å². The number of nitrogens with zero attached hydrogens (tertiary/aromatic N) is 3. The lowest BCUT2D eigenvalue weighted by Crippen LogP contribution is -2.05. The zero-order chi connectivity index (χ0) is 12.3. The van der Waals surface area contributed by atoms with E-state index in [1.54, 1.807) is 0 Å². The van der Waals surface area contributed by atoms with E-state index in [0.29, 0.717) is 5.92 Å². The Hall–Kier alpha value is -1.68. The predicted molar refractivity (Wildman–Crippen MR) is 68.2 cm³/mol. The van der Waals surface area contributed by atoms with Crippen LogP contribution < -0.4 is 5.32 Å². The van der Waals surface area contributed by atoms with E-state index in [1.165, 1.54) is 5.56 Å². The van der Waals surface area contributed by atoms with Crippen molar-refractivity contribution in [1.29, 1.82) is 0 Å². The van der Waals surface area contributed by atoms with Gasteiger partial charge in [0.2, 0.25) is 0 Å². The van der Waals surface area contributed by atoms with E-state index >= 15 is 0 Å². The van der Waals surface area contributed by atoms with E-state index < -0.39 is 0 Å². The van der Waals surface area contributed by atoms with Crippen molar-refractivity contribution in [2.24, 2.45) is 0 Å². The second-order valence-corrected chi connectivity index (χ2v) is 4.43. The maximum Gasteiger partial charge on any atom is 0.0969 e. The fraction of sp³-hybridized carbons (Fsp3) is 0.385. The van der Waals surface area contributed by atoms with Gasteiger partial charge in [-0.15, -0.1) is 5.10 Å². The van der Waals surface area contributed by atoms with Crippen LogP contribution in [0.1, 0.15) is 31.0 Å². The fourth-order valence-electron chi connectivity index (χ4n) is 1.71. The van der Waals surface area contributed by atoms with Gasteiger partial charge < -0.3 is 5.32 Å². The zero-order valence-electron chi connectivity index (χ0n) is 10.5. The highest BCUT2D eigenvalue weighted by molar-refractivity contribution is 5.36. The van der Waals surface area contributed by atoms with Gasteiger partial charge in [-0.2, -0.15) is 0 Å². The van der Waals surface area contributed by atoms with Gasteiger partial charge in [0.25, 0.3) is 0 Å². The van der Waals surface area contributed by atoms with Crippen LogP contribution in [-0.4, -0.2) is 22.0 Å². The largest absolute Gasteiger partial charge is 0.314 e. The standard InChI is InChI=1S/C13H18N4/c1-10(2)11-5-4-6-13(7-11)17-9-12(8-14-3)15-16-17/h4-7,9-10,14H,8H2,1-3H3. The average Bonchev–Trinajstić information content (AvgIpc) is 2.78. The van der Waals surface area contributed by atoms with Crippen molar-refractivity contribution < 1.29 is 0 Å². The molecule has 0 fully saturated rings. The van der Waals surface area contributed by atoms with E-state index in [2.05, 4.69) is 47.7 Å². The van der Waals surface area contributed by atoms with Crippen LogP contribution in [0.2, 0.25) is 0 Å². The van der Waals surface area contributed by atoms with Gasteiger partial charge in [-0.3, -0.25) is 0 Å². The lowest BCUT2D eigenvalue weighted by Gasteiger charge is -2.07. The third kappa shape index (κ3) is 2.71. The molecule has 90 valence electrons. The molecule has 0 saturated carbocycles. The van der Waals surface area contributed by atoms with Gasteiger partial charge >= 0.3 is 0 Å². The molecule has 17 heavy (non-hydrogen) atoms. The van der Waals surface area contributed by atoms with Crippen molar-refractivity contribution in [2.45, 2.75) is 26.3 Å². The van der Waals surface area contributed by atoms with Gasteiger partial charge in [0.1, 0.15) is 0 Å². The molecule has 0 spiro atoms. The van der Waals surface area contributed by atoms with Crippen LogP contribution in [-0.2, 0) is 6.54 Å². The zero-order valence-corrected chi connectivity index (χ0v) is 10.5.